The molecule has 150 valence electrons. The van der Waals surface area contributed by atoms with Gasteiger partial charge in [0.2, 0.25) is 6.79 Å². The summed E-state index contributed by atoms with van der Waals surface area (Å²) in [4.78, 5) is 0. The van der Waals surface area contributed by atoms with Crippen LogP contribution in [0.25, 0.3) is 11.4 Å². The minimum atomic E-state index is 0.272. The fraction of sp³-hybridized carbons (Fsp3) is 0.130. The third-order valence-electron chi connectivity index (χ3n) is 4.78. The number of ether oxygens (including phenoxy) is 2. The topological polar surface area (TPSA) is 49.2 Å². The molecule has 0 amide bonds. The van der Waals surface area contributed by atoms with Crippen molar-refractivity contribution in [1.82, 2.24) is 14.8 Å². The molecule has 1 aromatic heterocycles. The van der Waals surface area contributed by atoms with E-state index in [0.29, 0.717) is 6.54 Å². The second kappa shape index (κ2) is 8.53. The average molecular weight is 480 g/mol. The van der Waals surface area contributed by atoms with Crippen LogP contribution in [0.4, 0.5) is 0 Å². The van der Waals surface area contributed by atoms with E-state index in [2.05, 4.69) is 61.0 Å². The van der Waals surface area contributed by atoms with Crippen molar-refractivity contribution >= 4 is 27.7 Å². The van der Waals surface area contributed by atoms with E-state index in [-0.39, 0.29) is 6.79 Å². The van der Waals surface area contributed by atoms with Gasteiger partial charge in [-0.1, -0.05) is 76.2 Å². The highest BCUT2D eigenvalue weighted by Crippen LogP contribution is 2.34. The molecule has 4 aromatic rings. The zero-order chi connectivity index (χ0) is 20.3. The number of benzene rings is 3. The number of halogens is 1. The lowest BCUT2D eigenvalue weighted by Crippen LogP contribution is -2.04. The lowest BCUT2D eigenvalue weighted by Gasteiger charge is -2.11. The summed E-state index contributed by atoms with van der Waals surface area (Å²) >= 11 is 5.22. The maximum atomic E-state index is 5.55. The fourth-order valence-electron chi connectivity index (χ4n) is 3.34. The van der Waals surface area contributed by atoms with Gasteiger partial charge in [-0.25, -0.2) is 0 Å². The Bertz CT molecular complexity index is 1180. The molecule has 0 spiro atoms. The summed E-state index contributed by atoms with van der Waals surface area (Å²) in [7, 11) is 0. The number of hydrogen-bond acceptors (Lipinski definition) is 5. The molecule has 0 bridgehead atoms. The third kappa shape index (κ3) is 4.08. The van der Waals surface area contributed by atoms with Crippen LogP contribution in [0.2, 0.25) is 0 Å². The first kappa shape index (κ1) is 19.2. The molecule has 2 heterocycles. The molecule has 0 aliphatic carbocycles. The fourth-order valence-corrected chi connectivity index (χ4v) is 4.66. The Labute approximate surface area is 187 Å². The van der Waals surface area contributed by atoms with Crippen molar-refractivity contribution in [2.75, 3.05) is 6.79 Å². The van der Waals surface area contributed by atoms with Crippen LogP contribution in [-0.2, 0) is 12.3 Å². The minimum absolute atomic E-state index is 0.272. The van der Waals surface area contributed by atoms with Gasteiger partial charge in [-0.15, -0.1) is 10.2 Å². The number of fused-ring (bicyclic) bond motifs is 1. The van der Waals surface area contributed by atoms with E-state index in [1.54, 1.807) is 11.8 Å². The van der Waals surface area contributed by atoms with Crippen LogP contribution in [0.1, 0.15) is 11.1 Å². The molecule has 0 saturated heterocycles. The van der Waals surface area contributed by atoms with E-state index in [0.717, 1.165) is 43.8 Å². The van der Waals surface area contributed by atoms with Crippen LogP contribution in [0.5, 0.6) is 11.5 Å². The zero-order valence-electron chi connectivity index (χ0n) is 16.0. The molecule has 1 aliphatic rings. The highest BCUT2D eigenvalue weighted by molar-refractivity contribution is 9.10. The molecule has 7 heteroatoms. The molecular formula is C23H18BrN3O2S. The Kier molecular flexibility index (Phi) is 5.46. The van der Waals surface area contributed by atoms with E-state index in [4.69, 9.17) is 9.47 Å². The second-order valence-electron chi connectivity index (χ2n) is 6.86. The molecule has 0 saturated carbocycles. The third-order valence-corrected chi connectivity index (χ3v) is 6.31. The van der Waals surface area contributed by atoms with Crippen LogP contribution in [0.15, 0.2) is 82.4 Å². The van der Waals surface area contributed by atoms with Gasteiger partial charge in [-0.2, -0.15) is 0 Å². The van der Waals surface area contributed by atoms with Crippen molar-refractivity contribution in [3.63, 3.8) is 0 Å². The smallest absolute Gasteiger partial charge is 0.231 e. The van der Waals surface area contributed by atoms with Crippen LogP contribution in [-0.4, -0.2) is 21.6 Å². The van der Waals surface area contributed by atoms with Gasteiger partial charge in [0, 0.05) is 15.8 Å². The minimum Gasteiger partial charge on any atom is -0.454 e. The van der Waals surface area contributed by atoms with Crippen LogP contribution >= 0.6 is 27.7 Å². The van der Waals surface area contributed by atoms with Crippen molar-refractivity contribution in [2.45, 2.75) is 17.5 Å². The highest BCUT2D eigenvalue weighted by Gasteiger charge is 2.18. The van der Waals surface area contributed by atoms with Gasteiger partial charge in [0.05, 0.1) is 6.54 Å². The Morgan fingerprint density at radius 3 is 2.60 bits per heavy atom. The first-order chi connectivity index (χ1) is 14.8. The maximum Gasteiger partial charge on any atom is 0.231 e. The molecule has 0 atom stereocenters. The van der Waals surface area contributed by atoms with Gasteiger partial charge >= 0.3 is 0 Å². The molecule has 1 aliphatic heterocycles. The predicted octanol–water partition coefficient (Wildman–Crippen LogP) is 5.78. The van der Waals surface area contributed by atoms with Crippen LogP contribution in [0, 0.1) is 0 Å². The van der Waals surface area contributed by atoms with E-state index >= 15 is 0 Å². The molecular weight excluding hydrogens is 462 g/mol. The van der Waals surface area contributed by atoms with Gasteiger partial charge in [0.15, 0.2) is 22.5 Å². The summed E-state index contributed by atoms with van der Waals surface area (Å²) in [6, 6.07) is 24.5. The Hall–Kier alpha value is -2.77. The van der Waals surface area contributed by atoms with Crippen LogP contribution in [0.3, 0.4) is 0 Å². The van der Waals surface area contributed by atoms with Crippen molar-refractivity contribution in [3.05, 3.63) is 88.4 Å². The quantitative estimate of drug-likeness (QED) is 0.328. The molecule has 5 rings (SSSR count). The first-order valence-electron chi connectivity index (χ1n) is 9.51. The zero-order valence-corrected chi connectivity index (χ0v) is 18.4. The summed E-state index contributed by atoms with van der Waals surface area (Å²) in [6.07, 6.45) is 0. The number of thioether (sulfide) groups is 1. The lowest BCUT2D eigenvalue weighted by atomic mass is 10.2. The maximum absolute atomic E-state index is 5.55. The van der Waals surface area contributed by atoms with Gasteiger partial charge in [0.25, 0.3) is 0 Å². The largest absolute Gasteiger partial charge is 0.454 e. The number of hydrogen-bond donors (Lipinski definition) is 0. The first-order valence-corrected chi connectivity index (χ1v) is 11.3. The summed E-state index contributed by atoms with van der Waals surface area (Å²) in [5.41, 5.74) is 3.38. The van der Waals surface area contributed by atoms with Crippen LogP contribution < -0.4 is 9.47 Å². The van der Waals surface area contributed by atoms with Crippen molar-refractivity contribution in [1.29, 1.82) is 0 Å². The molecule has 3 aromatic carbocycles. The Morgan fingerprint density at radius 1 is 0.867 bits per heavy atom. The summed E-state index contributed by atoms with van der Waals surface area (Å²) in [6.45, 7) is 0.920. The second-order valence-corrected chi connectivity index (χ2v) is 8.72. The van der Waals surface area contributed by atoms with Crippen molar-refractivity contribution in [2.24, 2.45) is 0 Å². The SMILES string of the molecule is Brc1cccc(CSc2nnc(-c3ccccc3)n2Cc2ccc3c(c2)OCO3)c1. The molecule has 30 heavy (non-hydrogen) atoms. The van der Waals surface area contributed by atoms with Crippen molar-refractivity contribution in [3.8, 4) is 22.9 Å². The monoisotopic (exact) mass is 479 g/mol. The van der Waals surface area contributed by atoms with E-state index in [1.807, 2.05) is 42.5 Å². The highest BCUT2D eigenvalue weighted by atomic mass is 79.9. The Morgan fingerprint density at radius 2 is 1.73 bits per heavy atom. The average Bonchev–Trinajstić information content (AvgIpc) is 3.39. The summed E-state index contributed by atoms with van der Waals surface area (Å²) in [5.74, 6) is 3.23. The van der Waals surface area contributed by atoms with Gasteiger partial charge in [-0.05, 0) is 35.4 Å². The Balaban J connectivity index is 1.47. The standard InChI is InChI=1S/C23H18BrN3O2S/c24-19-8-4-5-17(11-19)14-30-23-26-25-22(18-6-2-1-3-7-18)27(23)13-16-9-10-20-21(12-16)29-15-28-20/h1-12H,13-15H2. The van der Waals surface area contributed by atoms with E-state index < -0.39 is 0 Å². The number of rotatable bonds is 6. The lowest BCUT2D eigenvalue weighted by molar-refractivity contribution is 0.174. The normalized spacial score (nSPS) is 12.3. The van der Waals surface area contributed by atoms with E-state index in [1.165, 1.54) is 5.56 Å². The van der Waals surface area contributed by atoms with Gasteiger partial charge in [-0.3, -0.25) is 4.57 Å². The molecule has 0 fully saturated rings. The van der Waals surface area contributed by atoms with Gasteiger partial charge in [0.1, 0.15) is 0 Å². The van der Waals surface area contributed by atoms with Crippen molar-refractivity contribution < 1.29 is 9.47 Å². The molecule has 0 radical (unpaired) electrons. The van der Waals surface area contributed by atoms with Gasteiger partial charge < -0.3 is 9.47 Å². The molecule has 0 N–H and O–H groups in total. The van der Waals surface area contributed by atoms with E-state index in [9.17, 15) is 0 Å². The summed E-state index contributed by atoms with van der Waals surface area (Å²) in [5, 5.41) is 9.90. The molecule has 5 nitrogen and oxygen atoms in total. The number of aromatic nitrogens is 3. The number of nitrogens with zero attached hydrogens (tertiary/aromatic N) is 3. The predicted molar refractivity (Wildman–Crippen MR) is 121 cm³/mol. The molecule has 0 unspecified atom stereocenters. The summed E-state index contributed by atoms with van der Waals surface area (Å²) < 4.78 is 14.2.